The van der Waals surface area contributed by atoms with Gasteiger partial charge in [-0.05, 0) is 37.0 Å². The molecule has 0 aliphatic heterocycles. The summed E-state index contributed by atoms with van der Waals surface area (Å²) in [5, 5.41) is 0.118. The molecular weight excluding hydrogens is 336 g/mol. The van der Waals surface area contributed by atoms with Crippen LogP contribution in [-0.4, -0.2) is 32.0 Å². The number of nitrogens with one attached hydrogen (secondary N) is 1. The summed E-state index contributed by atoms with van der Waals surface area (Å²) in [6.45, 7) is 0.399. The molecule has 0 heterocycles. The van der Waals surface area contributed by atoms with E-state index in [-0.39, 0.29) is 14.9 Å². The van der Waals surface area contributed by atoms with Gasteiger partial charge in [0.1, 0.15) is 9.88 Å². The molecule has 1 rings (SSSR count). The first-order chi connectivity index (χ1) is 9.38. The zero-order chi connectivity index (χ0) is 15.2. The highest BCUT2D eigenvalue weighted by Gasteiger charge is 2.17. The topological polar surface area (TPSA) is 72.2 Å². The molecule has 0 bridgehead atoms. The summed E-state index contributed by atoms with van der Waals surface area (Å²) in [7, 11) is -3.59. The number of rotatable bonds is 8. The fourth-order valence-corrected chi connectivity index (χ4v) is 3.76. The van der Waals surface area contributed by atoms with Crippen LogP contribution in [0.2, 0.25) is 5.02 Å². The minimum atomic E-state index is -3.59. The molecule has 0 radical (unpaired) electrons. The summed E-state index contributed by atoms with van der Waals surface area (Å²) in [5.74, 6) is 1.02. The van der Waals surface area contributed by atoms with Crippen molar-refractivity contribution in [2.45, 2.75) is 17.7 Å². The second kappa shape index (κ2) is 8.19. The molecule has 8 heteroatoms. The second-order valence-corrected chi connectivity index (χ2v) is 7.68. The fraction of sp³-hybridized carbons (Fsp3) is 0.417. The number of thiocarbonyl (C=S) groups is 1. The van der Waals surface area contributed by atoms with Crippen LogP contribution in [0, 0.1) is 0 Å². The Morgan fingerprint density at radius 3 is 2.70 bits per heavy atom. The second-order valence-electron chi connectivity index (χ2n) is 4.11. The third-order valence-electron chi connectivity index (χ3n) is 2.57. The van der Waals surface area contributed by atoms with Crippen LogP contribution < -0.4 is 10.5 Å². The molecule has 0 aromatic heterocycles. The number of halogens is 1. The van der Waals surface area contributed by atoms with Crippen LogP contribution in [0.3, 0.4) is 0 Å². The van der Waals surface area contributed by atoms with Crippen molar-refractivity contribution in [1.82, 2.24) is 4.72 Å². The van der Waals surface area contributed by atoms with Crippen molar-refractivity contribution >= 4 is 50.6 Å². The highest BCUT2D eigenvalue weighted by atomic mass is 35.5. The summed E-state index contributed by atoms with van der Waals surface area (Å²) >= 11 is 12.5. The maximum atomic E-state index is 12.1. The van der Waals surface area contributed by atoms with Gasteiger partial charge in [0.15, 0.2) is 0 Å². The van der Waals surface area contributed by atoms with Gasteiger partial charge in [-0.1, -0.05) is 29.9 Å². The average Bonchev–Trinajstić information content (AvgIpc) is 2.37. The normalized spacial score (nSPS) is 11.5. The van der Waals surface area contributed by atoms with E-state index in [4.69, 9.17) is 29.6 Å². The lowest BCUT2D eigenvalue weighted by Crippen LogP contribution is -2.25. The molecule has 20 heavy (non-hydrogen) atoms. The molecule has 0 amide bonds. The van der Waals surface area contributed by atoms with Crippen molar-refractivity contribution in [3.05, 3.63) is 28.8 Å². The molecule has 0 saturated heterocycles. The summed E-state index contributed by atoms with van der Waals surface area (Å²) in [6.07, 6.45) is 3.79. The van der Waals surface area contributed by atoms with Crippen molar-refractivity contribution in [3.8, 4) is 0 Å². The minimum Gasteiger partial charge on any atom is -0.389 e. The number of thioether (sulfide) groups is 1. The van der Waals surface area contributed by atoms with E-state index in [0.29, 0.717) is 12.1 Å². The van der Waals surface area contributed by atoms with E-state index in [1.165, 1.54) is 12.1 Å². The predicted octanol–water partition coefficient (Wildman–Crippen LogP) is 2.40. The number of benzene rings is 1. The fourth-order valence-electron chi connectivity index (χ4n) is 1.53. The first-order valence-electron chi connectivity index (χ1n) is 5.96. The van der Waals surface area contributed by atoms with Crippen molar-refractivity contribution < 1.29 is 8.42 Å². The number of unbranched alkanes of at least 4 members (excludes halogenated alkanes) is 1. The van der Waals surface area contributed by atoms with Gasteiger partial charge in [-0.15, -0.1) is 0 Å². The first-order valence-corrected chi connectivity index (χ1v) is 9.63. The van der Waals surface area contributed by atoms with Gasteiger partial charge in [0.05, 0.1) is 5.02 Å². The maximum Gasteiger partial charge on any atom is 0.242 e. The van der Waals surface area contributed by atoms with Crippen LogP contribution in [0.1, 0.15) is 18.4 Å². The van der Waals surface area contributed by atoms with Gasteiger partial charge in [-0.2, -0.15) is 11.8 Å². The summed E-state index contributed by atoms with van der Waals surface area (Å²) < 4.78 is 26.7. The Balaban J connectivity index is 2.75. The third-order valence-corrected chi connectivity index (χ3v) is 5.45. The maximum absolute atomic E-state index is 12.1. The SMILES string of the molecule is CSCCCCNS(=O)(=O)c1ccc(C(N)=S)cc1Cl. The van der Waals surface area contributed by atoms with E-state index in [1.54, 1.807) is 17.8 Å². The molecule has 1 aromatic rings. The van der Waals surface area contributed by atoms with Gasteiger partial charge in [0, 0.05) is 12.1 Å². The Morgan fingerprint density at radius 1 is 1.45 bits per heavy atom. The van der Waals surface area contributed by atoms with Crippen LogP contribution in [-0.2, 0) is 10.0 Å². The lowest BCUT2D eigenvalue weighted by Gasteiger charge is -2.09. The van der Waals surface area contributed by atoms with Gasteiger partial charge in [0.2, 0.25) is 10.0 Å². The van der Waals surface area contributed by atoms with Crippen molar-refractivity contribution in [2.75, 3.05) is 18.6 Å². The number of hydrogen-bond donors (Lipinski definition) is 2. The molecule has 0 spiro atoms. The largest absolute Gasteiger partial charge is 0.389 e. The number of sulfonamides is 1. The lowest BCUT2D eigenvalue weighted by molar-refractivity contribution is 0.578. The van der Waals surface area contributed by atoms with E-state index in [2.05, 4.69) is 4.72 Å². The molecule has 112 valence electrons. The van der Waals surface area contributed by atoms with E-state index in [9.17, 15) is 8.42 Å². The van der Waals surface area contributed by atoms with E-state index in [1.807, 2.05) is 6.26 Å². The number of nitrogens with two attached hydrogens (primary N) is 1. The lowest BCUT2D eigenvalue weighted by atomic mass is 10.2. The predicted molar refractivity (Wildman–Crippen MR) is 90.1 cm³/mol. The quantitative estimate of drug-likeness (QED) is 0.555. The summed E-state index contributed by atoms with van der Waals surface area (Å²) in [6, 6.07) is 4.43. The van der Waals surface area contributed by atoms with Crippen molar-refractivity contribution in [1.29, 1.82) is 0 Å². The molecule has 1 aromatic carbocycles. The molecule has 0 fully saturated rings. The van der Waals surface area contributed by atoms with Crippen LogP contribution in [0.4, 0.5) is 0 Å². The van der Waals surface area contributed by atoms with E-state index in [0.717, 1.165) is 18.6 Å². The Morgan fingerprint density at radius 2 is 2.15 bits per heavy atom. The van der Waals surface area contributed by atoms with Gasteiger partial charge in [-0.25, -0.2) is 13.1 Å². The molecule has 0 aliphatic carbocycles. The summed E-state index contributed by atoms with van der Waals surface area (Å²) in [4.78, 5) is 0.227. The van der Waals surface area contributed by atoms with E-state index >= 15 is 0 Å². The standard InChI is InChI=1S/C12H17ClN2O2S3/c1-19-7-3-2-6-15-20(16,17)11-5-4-9(12(14)18)8-10(11)13/h4-5,8,15H,2-3,6-7H2,1H3,(H2,14,18). The van der Waals surface area contributed by atoms with Crippen molar-refractivity contribution in [3.63, 3.8) is 0 Å². The van der Waals surface area contributed by atoms with Crippen LogP contribution in [0.15, 0.2) is 23.1 Å². The van der Waals surface area contributed by atoms with E-state index < -0.39 is 10.0 Å². The van der Waals surface area contributed by atoms with Crippen LogP contribution in [0.25, 0.3) is 0 Å². The van der Waals surface area contributed by atoms with Gasteiger partial charge >= 0.3 is 0 Å². The van der Waals surface area contributed by atoms with Gasteiger partial charge < -0.3 is 5.73 Å². The third kappa shape index (κ3) is 5.21. The molecular formula is C12H17ClN2O2S3. The smallest absolute Gasteiger partial charge is 0.242 e. The Hall–Kier alpha value is -0.340. The Kier molecular flexibility index (Phi) is 7.25. The first kappa shape index (κ1) is 17.7. The minimum absolute atomic E-state index is 0.0454. The molecule has 0 unspecified atom stereocenters. The number of hydrogen-bond acceptors (Lipinski definition) is 4. The Bertz CT molecular complexity index is 576. The average molecular weight is 353 g/mol. The molecule has 4 nitrogen and oxygen atoms in total. The highest BCUT2D eigenvalue weighted by molar-refractivity contribution is 7.98. The summed E-state index contributed by atoms with van der Waals surface area (Å²) in [5.41, 5.74) is 6.02. The van der Waals surface area contributed by atoms with Gasteiger partial charge in [0.25, 0.3) is 0 Å². The highest BCUT2D eigenvalue weighted by Crippen LogP contribution is 2.22. The monoisotopic (exact) mass is 352 g/mol. The molecule has 0 atom stereocenters. The van der Waals surface area contributed by atoms with Crippen LogP contribution in [0.5, 0.6) is 0 Å². The molecule has 3 N–H and O–H groups in total. The zero-order valence-corrected chi connectivity index (χ0v) is 14.3. The van der Waals surface area contributed by atoms with Gasteiger partial charge in [-0.3, -0.25) is 0 Å². The van der Waals surface area contributed by atoms with Crippen LogP contribution >= 0.6 is 35.6 Å². The molecule has 0 saturated carbocycles. The van der Waals surface area contributed by atoms with Crippen molar-refractivity contribution in [2.24, 2.45) is 5.73 Å². The zero-order valence-electron chi connectivity index (χ0n) is 11.1. The Labute approximate surface area is 134 Å². The molecule has 0 aliphatic rings.